The van der Waals surface area contributed by atoms with E-state index in [1.165, 1.54) is 12.8 Å². The molecule has 0 aliphatic carbocycles. The normalized spacial score (nSPS) is 35.1. The highest BCUT2D eigenvalue weighted by Crippen LogP contribution is 2.45. The Morgan fingerprint density at radius 3 is 2.58 bits per heavy atom. The third-order valence-electron chi connectivity index (χ3n) is 5.02. The number of benzene rings is 1. The van der Waals surface area contributed by atoms with E-state index in [2.05, 4.69) is 11.9 Å². The van der Waals surface area contributed by atoms with Gasteiger partial charge in [-0.2, -0.15) is 0 Å². The van der Waals surface area contributed by atoms with Gasteiger partial charge in [0.1, 0.15) is 16.9 Å². The standard InChI is InChI=1S/C16H19NO2/c1-17-12-6-7-13(17)10-16(18,9-12)15-8-11-4-2-3-5-14(11)19-15/h2-5,8,12-13,18H,6-7,9-10H2,1H3. The first-order chi connectivity index (χ1) is 9.16. The Morgan fingerprint density at radius 2 is 1.89 bits per heavy atom. The predicted octanol–water partition coefficient (Wildman–Crippen LogP) is 2.88. The van der Waals surface area contributed by atoms with Gasteiger partial charge in [-0.1, -0.05) is 18.2 Å². The summed E-state index contributed by atoms with van der Waals surface area (Å²) in [7, 11) is 2.18. The Hall–Kier alpha value is -1.32. The van der Waals surface area contributed by atoms with Crippen molar-refractivity contribution >= 4 is 11.0 Å². The Kier molecular flexibility index (Phi) is 2.32. The van der Waals surface area contributed by atoms with Crippen LogP contribution in [-0.2, 0) is 5.60 Å². The van der Waals surface area contributed by atoms with Crippen LogP contribution in [0, 0.1) is 0 Å². The van der Waals surface area contributed by atoms with Gasteiger partial charge in [-0.25, -0.2) is 0 Å². The molecule has 3 nitrogen and oxygen atoms in total. The number of fused-ring (bicyclic) bond motifs is 3. The largest absolute Gasteiger partial charge is 0.458 e. The fourth-order valence-electron chi connectivity index (χ4n) is 3.86. The fourth-order valence-corrected chi connectivity index (χ4v) is 3.86. The van der Waals surface area contributed by atoms with Gasteiger partial charge in [0.25, 0.3) is 0 Å². The van der Waals surface area contributed by atoms with Gasteiger partial charge in [0, 0.05) is 17.5 Å². The third-order valence-corrected chi connectivity index (χ3v) is 5.02. The summed E-state index contributed by atoms with van der Waals surface area (Å²) < 4.78 is 5.90. The lowest BCUT2D eigenvalue weighted by Crippen LogP contribution is -2.47. The summed E-state index contributed by atoms with van der Waals surface area (Å²) in [6.07, 6.45) is 3.98. The third kappa shape index (κ3) is 1.65. The summed E-state index contributed by atoms with van der Waals surface area (Å²) in [5, 5.41) is 12.1. The van der Waals surface area contributed by atoms with Crippen LogP contribution in [0.1, 0.15) is 31.4 Å². The molecule has 19 heavy (non-hydrogen) atoms. The Bertz CT molecular complexity index is 571. The molecule has 4 rings (SSSR count). The summed E-state index contributed by atoms with van der Waals surface area (Å²) in [5.41, 5.74) is 0.0920. The minimum absolute atomic E-state index is 0.497. The molecule has 0 saturated carbocycles. The van der Waals surface area contributed by atoms with Crippen molar-refractivity contribution in [3.63, 3.8) is 0 Å². The van der Waals surface area contributed by atoms with Crippen molar-refractivity contribution < 1.29 is 9.52 Å². The quantitative estimate of drug-likeness (QED) is 0.853. The lowest BCUT2D eigenvalue weighted by Gasteiger charge is -2.40. The molecule has 2 aliphatic heterocycles. The molecule has 3 heterocycles. The molecule has 2 saturated heterocycles. The molecule has 0 spiro atoms. The molecule has 1 aromatic carbocycles. The van der Waals surface area contributed by atoms with Crippen LogP contribution in [0.4, 0.5) is 0 Å². The first kappa shape index (κ1) is 11.5. The van der Waals surface area contributed by atoms with Gasteiger partial charge in [0.2, 0.25) is 0 Å². The summed E-state index contributed by atoms with van der Waals surface area (Å²) in [6, 6.07) is 11.0. The Morgan fingerprint density at radius 1 is 1.21 bits per heavy atom. The van der Waals surface area contributed by atoms with E-state index in [1.54, 1.807) is 0 Å². The van der Waals surface area contributed by atoms with Crippen molar-refractivity contribution in [2.45, 2.75) is 43.4 Å². The summed E-state index contributed by atoms with van der Waals surface area (Å²) in [4.78, 5) is 2.43. The van der Waals surface area contributed by atoms with Crippen LogP contribution in [-0.4, -0.2) is 29.1 Å². The maximum absolute atomic E-state index is 11.0. The number of rotatable bonds is 1. The fraction of sp³-hybridized carbons (Fsp3) is 0.500. The SMILES string of the molecule is CN1C2CCC1CC(O)(c1cc3ccccc3o1)C2. The number of aliphatic hydroxyl groups is 1. The lowest BCUT2D eigenvalue weighted by molar-refractivity contribution is -0.0627. The van der Waals surface area contributed by atoms with Crippen LogP contribution in [0.3, 0.4) is 0 Å². The Balaban J connectivity index is 1.75. The van der Waals surface area contributed by atoms with Crippen molar-refractivity contribution in [2.75, 3.05) is 7.05 Å². The van der Waals surface area contributed by atoms with Crippen LogP contribution in [0.2, 0.25) is 0 Å². The first-order valence-corrected chi connectivity index (χ1v) is 7.09. The number of hydrogen-bond donors (Lipinski definition) is 1. The van der Waals surface area contributed by atoms with Crippen LogP contribution < -0.4 is 0 Å². The predicted molar refractivity (Wildman–Crippen MR) is 73.9 cm³/mol. The molecule has 1 aromatic heterocycles. The molecule has 0 amide bonds. The molecule has 2 fully saturated rings. The molecule has 2 unspecified atom stereocenters. The van der Waals surface area contributed by atoms with E-state index in [-0.39, 0.29) is 0 Å². The number of para-hydroxylation sites is 1. The smallest absolute Gasteiger partial charge is 0.137 e. The van der Waals surface area contributed by atoms with Crippen molar-refractivity contribution in [1.29, 1.82) is 0 Å². The average Bonchev–Trinajstić information content (AvgIpc) is 2.92. The molecule has 0 radical (unpaired) electrons. The second-order valence-corrected chi connectivity index (χ2v) is 6.14. The van der Waals surface area contributed by atoms with Gasteiger partial charge in [-0.15, -0.1) is 0 Å². The highest BCUT2D eigenvalue weighted by Gasteiger charge is 2.48. The number of hydrogen-bond acceptors (Lipinski definition) is 3. The van der Waals surface area contributed by atoms with E-state index in [4.69, 9.17) is 4.42 Å². The van der Waals surface area contributed by atoms with Crippen molar-refractivity contribution in [1.82, 2.24) is 4.90 Å². The first-order valence-electron chi connectivity index (χ1n) is 7.09. The van der Waals surface area contributed by atoms with Crippen LogP contribution in [0.15, 0.2) is 34.7 Å². The van der Waals surface area contributed by atoms with E-state index in [9.17, 15) is 5.11 Å². The van der Waals surface area contributed by atoms with E-state index in [0.717, 1.165) is 29.6 Å². The van der Waals surface area contributed by atoms with Crippen LogP contribution in [0.25, 0.3) is 11.0 Å². The summed E-state index contributed by atoms with van der Waals surface area (Å²) in [6.45, 7) is 0. The van der Waals surface area contributed by atoms with Gasteiger partial charge >= 0.3 is 0 Å². The highest BCUT2D eigenvalue weighted by atomic mass is 16.4. The van der Waals surface area contributed by atoms with E-state index >= 15 is 0 Å². The molecule has 2 aliphatic rings. The van der Waals surface area contributed by atoms with Gasteiger partial charge in [0.15, 0.2) is 0 Å². The molecule has 2 aromatic rings. The molecule has 3 heteroatoms. The van der Waals surface area contributed by atoms with Gasteiger partial charge in [-0.05, 0) is 44.9 Å². The van der Waals surface area contributed by atoms with Gasteiger partial charge in [0.05, 0.1) is 0 Å². The monoisotopic (exact) mass is 257 g/mol. The topological polar surface area (TPSA) is 36.6 Å². The van der Waals surface area contributed by atoms with E-state index in [0.29, 0.717) is 12.1 Å². The zero-order chi connectivity index (χ0) is 13.0. The second-order valence-electron chi connectivity index (χ2n) is 6.14. The van der Waals surface area contributed by atoms with E-state index < -0.39 is 5.60 Å². The molecule has 100 valence electrons. The number of nitrogens with zero attached hydrogens (tertiary/aromatic N) is 1. The number of piperidine rings is 1. The van der Waals surface area contributed by atoms with Crippen molar-refractivity contribution in [3.8, 4) is 0 Å². The number of furan rings is 1. The molecule has 2 atom stereocenters. The van der Waals surface area contributed by atoms with Crippen molar-refractivity contribution in [3.05, 3.63) is 36.1 Å². The van der Waals surface area contributed by atoms with Gasteiger partial charge < -0.3 is 14.4 Å². The minimum Gasteiger partial charge on any atom is -0.458 e. The summed E-state index contributed by atoms with van der Waals surface area (Å²) in [5.74, 6) is 0.749. The maximum Gasteiger partial charge on any atom is 0.137 e. The van der Waals surface area contributed by atoms with E-state index in [1.807, 2.05) is 30.3 Å². The zero-order valence-electron chi connectivity index (χ0n) is 11.2. The molecule has 1 N–H and O–H groups in total. The Labute approximate surface area is 112 Å². The molecular formula is C16H19NO2. The molecular weight excluding hydrogens is 238 g/mol. The maximum atomic E-state index is 11.0. The molecule has 2 bridgehead atoms. The van der Waals surface area contributed by atoms with Crippen LogP contribution in [0.5, 0.6) is 0 Å². The highest BCUT2D eigenvalue weighted by molar-refractivity contribution is 5.77. The zero-order valence-corrected chi connectivity index (χ0v) is 11.2. The lowest BCUT2D eigenvalue weighted by atomic mass is 9.84. The summed E-state index contributed by atoms with van der Waals surface area (Å²) >= 11 is 0. The van der Waals surface area contributed by atoms with Crippen molar-refractivity contribution in [2.24, 2.45) is 0 Å². The second kappa shape index (κ2) is 3.84. The van der Waals surface area contributed by atoms with Gasteiger partial charge in [-0.3, -0.25) is 0 Å². The minimum atomic E-state index is -0.780. The van der Waals surface area contributed by atoms with Crippen LogP contribution >= 0.6 is 0 Å². The average molecular weight is 257 g/mol.